The fraction of sp³-hybridized carbons (Fsp3) is 0. The molecule has 0 spiro atoms. The van der Waals surface area contributed by atoms with Crippen LogP contribution < -0.4 is 0 Å². The molecule has 44 valence electrons. The Bertz CT molecular complexity index is 94.0. The van der Waals surface area contributed by atoms with Gasteiger partial charge in [-0.3, -0.25) is 0 Å². The van der Waals surface area contributed by atoms with Gasteiger partial charge in [0.1, 0.15) is 0 Å². The van der Waals surface area contributed by atoms with E-state index >= 15 is 0 Å². The summed E-state index contributed by atoms with van der Waals surface area (Å²) in [5.41, 5.74) is 0. The molecule has 0 aliphatic rings. The van der Waals surface area contributed by atoms with Gasteiger partial charge in [-0.15, -0.1) is 12.6 Å². The molecule has 0 saturated carbocycles. The largest absolute Gasteiger partial charge is 0.152 e. The summed E-state index contributed by atoms with van der Waals surface area (Å²) in [5, 5.41) is 4.08. The minimum absolute atomic E-state index is 1.28. The molecule has 0 N–H and O–H groups in total. The fourth-order valence-corrected chi connectivity index (χ4v) is 0.680. The summed E-state index contributed by atoms with van der Waals surface area (Å²) in [5.74, 6) is 0. The van der Waals surface area contributed by atoms with Crippen LogP contribution in [0.3, 0.4) is 0 Å². The van der Waals surface area contributed by atoms with Gasteiger partial charge in [0.2, 0.25) is 0 Å². The Kier molecular flexibility index (Phi) is 7.26. The predicted octanol–water partition coefficient (Wildman–Crippen LogP) is 2.62. The average molecular weight is 162 g/mol. The van der Waals surface area contributed by atoms with E-state index in [-0.39, 0.29) is 0 Å². The van der Waals surface area contributed by atoms with Crippen molar-refractivity contribution in [3.05, 3.63) is 22.9 Å². The molecule has 0 unspecified atom stereocenters. The lowest BCUT2D eigenvalue weighted by molar-refractivity contribution is 2.03. The molecule has 1 heterocycles. The first-order valence-electron chi connectivity index (χ1n) is 1.97. The predicted molar refractivity (Wildman–Crippen MR) is 47.0 cm³/mol. The van der Waals surface area contributed by atoms with Crippen LogP contribution in [0.1, 0.15) is 0 Å². The highest BCUT2D eigenvalue weighted by molar-refractivity contribution is 8.08. The maximum atomic E-state index is 4.13. The lowest BCUT2D eigenvalue weighted by Gasteiger charge is -1.39. The van der Waals surface area contributed by atoms with Crippen LogP contribution in [-0.2, 0) is 0 Å². The minimum atomic E-state index is 1.28. The summed E-state index contributed by atoms with van der Waals surface area (Å²) in [6.45, 7) is 0. The topological polar surface area (TPSA) is 0 Å². The Morgan fingerprint density at radius 2 is 1.75 bits per heavy atom. The Hall–Kier alpha value is 0.140. The number of thiophene rings is 1. The third-order valence-corrected chi connectivity index (χ3v) is 1.05. The summed E-state index contributed by atoms with van der Waals surface area (Å²) < 4.78 is 1.28. The summed E-state index contributed by atoms with van der Waals surface area (Å²) in [7, 11) is 0. The molecule has 0 bridgehead atoms. The van der Waals surface area contributed by atoms with Gasteiger partial charge in [0.05, 0.1) is 0 Å². The van der Waals surface area contributed by atoms with Crippen molar-refractivity contribution in [1.82, 2.24) is 0 Å². The average Bonchev–Trinajstić information content (AvgIpc) is 2.17. The van der Waals surface area contributed by atoms with Crippen LogP contribution in [0.25, 0.3) is 0 Å². The molecule has 1 rings (SSSR count). The van der Waals surface area contributed by atoms with Gasteiger partial charge < -0.3 is 0 Å². The van der Waals surface area contributed by atoms with Crippen LogP contribution in [0.15, 0.2) is 22.9 Å². The number of hydrogen-bond donors (Lipinski definition) is 1. The standard InChI is InChI=1S/C4H4S.CH2S2/c1-2-4-5-3-1;2-1-3/h1-4H;1H,(H,2,3). The third-order valence-electron chi connectivity index (χ3n) is 0.425. The fourth-order valence-electron chi connectivity index (χ4n) is 0.227. The van der Waals surface area contributed by atoms with E-state index in [4.69, 9.17) is 0 Å². The first-order valence-corrected chi connectivity index (χ1v) is 3.90. The second kappa shape index (κ2) is 7.14. The van der Waals surface area contributed by atoms with Crippen molar-refractivity contribution in [3.8, 4) is 0 Å². The van der Waals surface area contributed by atoms with E-state index < -0.39 is 0 Å². The molecule has 8 heavy (non-hydrogen) atoms. The Morgan fingerprint density at radius 1 is 1.38 bits per heavy atom. The highest BCUT2D eigenvalue weighted by Crippen LogP contribution is 1.91. The van der Waals surface area contributed by atoms with Crippen molar-refractivity contribution >= 4 is 40.9 Å². The molecule has 0 aliphatic heterocycles. The Balaban J connectivity index is 0.000000145. The molecule has 0 atom stereocenters. The Labute approximate surface area is 64.0 Å². The van der Waals surface area contributed by atoms with Gasteiger partial charge in [0.25, 0.3) is 0 Å². The van der Waals surface area contributed by atoms with Crippen LogP contribution in [0.2, 0.25) is 0 Å². The molecule has 0 aromatic carbocycles. The molecule has 0 fully saturated rings. The molecule has 1 aromatic heterocycles. The molecule has 0 radical (unpaired) electrons. The van der Waals surface area contributed by atoms with E-state index in [1.165, 1.54) is 4.70 Å². The van der Waals surface area contributed by atoms with E-state index in [9.17, 15) is 0 Å². The van der Waals surface area contributed by atoms with E-state index in [0.717, 1.165) is 0 Å². The summed E-state index contributed by atoms with van der Waals surface area (Å²) in [6.07, 6.45) is 0. The van der Waals surface area contributed by atoms with Gasteiger partial charge in [0, 0.05) is 4.70 Å². The summed E-state index contributed by atoms with van der Waals surface area (Å²) in [6, 6.07) is 4.04. The number of thiol groups is 1. The molecule has 3 heteroatoms. The van der Waals surface area contributed by atoms with Gasteiger partial charge in [-0.25, -0.2) is 0 Å². The molecule has 0 aliphatic carbocycles. The summed E-state index contributed by atoms with van der Waals surface area (Å²) >= 11 is 9.32. The van der Waals surface area contributed by atoms with Crippen LogP contribution >= 0.6 is 36.2 Å². The van der Waals surface area contributed by atoms with Gasteiger partial charge in [-0.2, -0.15) is 11.3 Å². The molecule has 0 amide bonds. The molecule has 1 aromatic rings. The van der Waals surface area contributed by atoms with Gasteiger partial charge in [0.15, 0.2) is 0 Å². The van der Waals surface area contributed by atoms with Gasteiger partial charge in [-0.05, 0) is 10.8 Å². The van der Waals surface area contributed by atoms with Crippen molar-refractivity contribution in [2.75, 3.05) is 0 Å². The van der Waals surface area contributed by atoms with Crippen molar-refractivity contribution in [2.24, 2.45) is 0 Å². The monoisotopic (exact) mass is 162 g/mol. The minimum Gasteiger partial charge on any atom is -0.152 e. The maximum absolute atomic E-state index is 4.13. The highest BCUT2D eigenvalue weighted by atomic mass is 32.1. The number of thiocarbonyl (C=S) groups is 1. The molecule has 0 nitrogen and oxygen atoms in total. The van der Waals surface area contributed by atoms with Gasteiger partial charge >= 0.3 is 0 Å². The Morgan fingerprint density at radius 3 is 1.88 bits per heavy atom. The van der Waals surface area contributed by atoms with Crippen molar-refractivity contribution < 1.29 is 0 Å². The number of rotatable bonds is 0. The zero-order valence-electron chi connectivity index (χ0n) is 4.15. The lowest BCUT2D eigenvalue weighted by atomic mass is 10.7. The third kappa shape index (κ3) is 6.14. The molecule has 0 saturated heterocycles. The number of hydrogen-bond acceptors (Lipinski definition) is 2. The van der Waals surface area contributed by atoms with Crippen LogP contribution in [-0.4, -0.2) is 4.70 Å². The van der Waals surface area contributed by atoms with Crippen LogP contribution in [0, 0.1) is 0 Å². The van der Waals surface area contributed by atoms with E-state index in [0.29, 0.717) is 0 Å². The van der Waals surface area contributed by atoms with Crippen LogP contribution in [0.5, 0.6) is 0 Å². The van der Waals surface area contributed by atoms with E-state index in [2.05, 4.69) is 24.8 Å². The lowest BCUT2D eigenvalue weighted by Crippen LogP contribution is -1.16. The zero-order valence-corrected chi connectivity index (χ0v) is 6.68. The van der Waals surface area contributed by atoms with Crippen molar-refractivity contribution in [1.29, 1.82) is 0 Å². The van der Waals surface area contributed by atoms with Crippen LogP contribution in [0.4, 0.5) is 0 Å². The van der Waals surface area contributed by atoms with Crippen molar-refractivity contribution in [3.63, 3.8) is 0 Å². The molecular weight excluding hydrogens is 156 g/mol. The SMILES string of the molecule is S=CS.c1ccsc1. The van der Waals surface area contributed by atoms with E-state index in [1.807, 2.05) is 22.9 Å². The second-order valence-corrected chi connectivity index (χ2v) is 2.56. The first kappa shape index (κ1) is 8.14. The zero-order chi connectivity index (χ0) is 6.24. The highest BCUT2D eigenvalue weighted by Gasteiger charge is 1.58. The van der Waals surface area contributed by atoms with Crippen molar-refractivity contribution in [2.45, 2.75) is 0 Å². The smallest absolute Gasteiger partial charge is 0.0310 e. The first-order chi connectivity index (χ1) is 3.91. The quantitative estimate of drug-likeness (QED) is 0.452. The normalized spacial score (nSPS) is 6.62. The maximum Gasteiger partial charge on any atom is 0.0310 e. The van der Waals surface area contributed by atoms with E-state index in [1.54, 1.807) is 11.3 Å². The van der Waals surface area contributed by atoms with Gasteiger partial charge in [-0.1, -0.05) is 24.4 Å². The summed E-state index contributed by atoms with van der Waals surface area (Å²) in [4.78, 5) is 0. The molecular formula is C5H6S3. The second-order valence-electron chi connectivity index (χ2n) is 0.899.